The van der Waals surface area contributed by atoms with Crippen LogP contribution in [0.25, 0.3) is 0 Å². The van der Waals surface area contributed by atoms with Crippen LogP contribution in [-0.4, -0.2) is 42.6 Å². The molecule has 0 bridgehead atoms. The minimum Gasteiger partial charge on any atom is -0.461 e. The number of esters is 2. The van der Waals surface area contributed by atoms with E-state index >= 15 is 0 Å². The molecule has 0 radical (unpaired) electrons. The Morgan fingerprint density at radius 3 is 2.61 bits per heavy atom. The second-order valence-electron chi connectivity index (χ2n) is 11.4. The summed E-state index contributed by atoms with van der Waals surface area (Å²) in [7, 11) is 0. The fourth-order valence-electron chi connectivity index (χ4n) is 5.95. The standard InChI is InChI=1S/C30H46O6/c1-8-14-33-27(31)18-24-17-23(35-30(6,7)36-24)12-13-25-21(5)10-11-22-15-19(3)16-26(28(22)25)34-29(32)20(4)9-2/h8,10-11,15,19-21,23-26,28H,1,9,12-14,16-18H2,2-7H3/t19-,20-,21+,23?,24?,25+,26-,28-/m0/s1. The van der Waals surface area contributed by atoms with Crippen LogP contribution in [0.5, 0.6) is 0 Å². The highest BCUT2D eigenvalue weighted by Gasteiger charge is 2.43. The highest BCUT2D eigenvalue weighted by molar-refractivity contribution is 5.72. The number of allylic oxidation sites excluding steroid dienone is 3. The Balaban J connectivity index is 1.70. The minimum absolute atomic E-state index is 0.0138. The summed E-state index contributed by atoms with van der Waals surface area (Å²) in [6.45, 7) is 16.0. The largest absolute Gasteiger partial charge is 0.461 e. The Bertz CT molecular complexity index is 842. The molecule has 0 N–H and O–H groups in total. The van der Waals surface area contributed by atoms with E-state index in [2.05, 4.69) is 38.7 Å². The van der Waals surface area contributed by atoms with Crippen molar-refractivity contribution in [3.05, 3.63) is 36.5 Å². The van der Waals surface area contributed by atoms with E-state index in [-0.39, 0.29) is 55.1 Å². The van der Waals surface area contributed by atoms with E-state index in [0.29, 0.717) is 24.2 Å². The molecule has 0 aromatic heterocycles. The van der Waals surface area contributed by atoms with Crippen molar-refractivity contribution in [2.75, 3.05) is 6.61 Å². The summed E-state index contributed by atoms with van der Waals surface area (Å²) >= 11 is 0. The molecule has 36 heavy (non-hydrogen) atoms. The van der Waals surface area contributed by atoms with E-state index in [0.717, 1.165) is 25.7 Å². The van der Waals surface area contributed by atoms with Crippen LogP contribution in [-0.2, 0) is 28.5 Å². The van der Waals surface area contributed by atoms with Gasteiger partial charge in [0.25, 0.3) is 0 Å². The van der Waals surface area contributed by atoms with Gasteiger partial charge in [-0.05, 0) is 62.9 Å². The van der Waals surface area contributed by atoms with Gasteiger partial charge in [0, 0.05) is 12.3 Å². The maximum absolute atomic E-state index is 12.7. The van der Waals surface area contributed by atoms with Crippen molar-refractivity contribution < 1.29 is 28.5 Å². The first-order valence-electron chi connectivity index (χ1n) is 13.8. The second-order valence-corrected chi connectivity index (χ2v) is 11.4. The summed E-state index contributed by atoms with van der Waals surface area (Å²) in [5, 5.41) is 0. The van der Waals surface area contributed by atoms with Crippen molar-refractivity contribution in [2.24, 2.45) is 29.6 Å². The van der Waals surface area contributed by atoms with E-state index in [1.165, 1.54) is 5.57 Å². The molecule has 202 valence electrons. The van der Waals surface area contributed by atoms with Gasteiger partial charge in [-0.25, -0.2) is 0 Å². The molecule has 0 spiro atoms. The molecule has 1 aliphatic heterocycles. The minimum atomic E-state index is -0.760. The van der Waals surface area contributed by atoms with Gasteiger partial charge in [0.1, 0.15) is 12.7 Å². The maximum atomic E-state index is 12.7. The first-order valence-corrected chi connectivity index (χ1v) is 13.8. The molecule has 8 atom stereocenters. The summed E-state index contributed by atoms with van der Waals surface area (Å²) < 4.78 is 23.6. The number of carbonyl (C=O) groups excluding carboxylic acids is 2. The molecule has 0 aromatic rings. The van der Waals surface area contributed by atoms with Crippen molar-refractivity contribution in [3.63, 3.8) is 0 Å². The van der Waals surface area contributed by atoms with Crippen molar-refractivity contribution in [1.82, 2.24) is 0 Å². The monoisotopic (exact) mass is 502 g/mol. The number of ether oxygens (including phenoxy) is 4. The zero-order valence-electron chi connectivity index (χ0n) is 23.0. The second kappa shape index (κ2) is 12.6. The summed E-state index contributed by atoms with van der Waals surface area (Å²) in [4.78, 5) is 24.9. The summed E-state index contributed by atoms with van der Waals surface area (Å²) in [5.74, 6) is 0.105. The highest BCUT2D eigenvalue weighted by atomic mass is 16.7. The molecule has 0 saturated carbocycles. The van der Waals surface area contributed by atoms with Crippen LogP contribution in [0, 0.1) is 29.6 Å². The zero-order valence-corrected chi connectivity index (χ0v) is 23.0. The Morgan fingerprint density at radius 2 is 1.92 bits per heavy atom. The first kappa shape index (κ1) is 28.6. The van der Waals surface area contributed by atoms with Crippen LogP contribution in [0.2, 0.25) is 0 Å². The fraction of sp³-hybridized carbons (Fsp3) is 0.733. The van der Waals surface area contributed by atoms with Gasteiger partial charge < -0.3 is 18.9 Å². The molecule has 3 aliphatic rings. The molecule has 1 saturated heterocycles. The van der Waals surface area contributed by atoms with Crippen molar-refractivity contribution in [3.8, 4) is 0 Å². The molecular weight excluding hydrogens is 456 g/mol. The van der Waals surface area contributed by atoms with E-state index in [1.54, 1.807) is 6.08 Å². The highest BCUT2D eigenvalue weighted by Crippen LogP contribution is 2.45. The SMILES string of the molecule is C=CCOC(=O)CC1CC(CC[C@H]2[C@@H]3C(=C[C@H](C)C[C@@H]3OC(=O)[C@@H](C)CC)C=C[C@H]2C)OC(C)(C)O1. The number of carbonyl (C=O) groups is 2. The number of fused-ring (bicyclic) bond motifs is 1. The van der Waals surface area contributed by atoms with Gasteiger partial charge in [-0.2, -0.15) is 0 Å². The summed E-state index contributed by atoms with van der Waals surface area (Å²) in [5.41, 5.74) is 1.30. The Hall–Kier alpha value is -1.92. The predicted molar refractivity (Wildman–Crippen MR) is 140 cm³/mol. The Labute approximate surface area is 217 Å². The van der Waals surface area contributed by atoms with Gasteiger partial charge in [0.2, 0.25) is 0 Å². The molecular formula is C30H46O6. The Morgan fingerprint density at radius 1 is 1.19 bits per heavy atom. The van der Waals surface area contributed by atoms with Gasteiger partial charge in [-0.1, -0.05) is 58.6 Å². The smallest absolute Gasteiger partial charge is 0.308 e. The maximum Gasteiger partial charge on any atom is 0.308 e. The molecule has 2 unspecified atom stereocenters. The molecule has 0 aromatic carbocycles. The third-order valence-corrected chi connectivity index (χ3v) is 7.88. The zero-order chi connectivity index (χ0) is 26.5. The number of hydrogen-bond donors (Lipinski definition) is 0. The lowest BCUT2D eigenvalue weighted by atomic mass is 9.65. The third kappa shape index (κ3) is 7.55. The van der Waals surface area contributed by atoms with Gasteiger partial charge >= 0.3 is 11.9 Å². The topological polar surface area (TPSA) is 71.1 Å². The van der Waals surface area contributed by atoms with Crippen LogP contribution in [0.1, 0.15) is 80.1 Å². The number of rotatable bonds is 10. The summed E-state index contributed by atoms with van der Waals surface area (Å²) in [6, 6.07) is 0. The van der Waals surface area contributed by atoms with Crippen LogP contribution >= 0.6 is 0 Å². The lowest BCUT2D eigenvalue weighted by Gasteiger charge is -2.44. The third-order valence-electron chi connectivity index (χ3n) is 7.88. The average Bonchev–Trinajstić information content (AvgIpc) is 2.80. The molecule has 3 rings (SSSR count). The van der Waals surface area contributed by atoms with Crippen molar-refractivity contribution in [1.29, 1.82) is 0 Å². The quantitative estimate of drug-likeness (QED) is 0.263. The molecule has 6 heteroatoms. The molecule has 2 aliphatic carbocycles. The average molecular weight is 503 g/mol. The van der Waals surface area contributed by atoms with Crippen molar-refractivity contribution in [2.45, 2.75) is 104 Å². The molecule has 1 heterocycles. The van der Waals surface area contributed by atoms with E-state index in [9.17, 15) is 9.59 Å². The van der Waals surface area contributed by atoms with Crippen LogP contribution in [0.4, 0.5) is 0 Å². The fourth-order valence-corrected chi connectivity index (χ4v) is 5.95. The normalized spacial score (nSPS) is 34.2. The van der Waals surface area contributed by atoms with E-state index in [1.807, 2.05) is 27.7 Å². The predicted octanol–water partition coefficient (Wildman–Crippen LogP) is 6.16. The van der Waals surface area contributed by atoms with Gasteiger partial charge in [-0.3, -0.25) is 9.59 Å². The van der Waals surface area contributed by atoms with Crippen LogP contribution < -0.4 is 0 Å². The lowest BCUT2D eigenvalue weighted by molar-refractivity contribution is -0.301. The van der Waals surface area contributed by atoms with Crippen molar-refractivity contribution >= 4 is 11.9 Å². The lowest BCUT2D eigenvalue weighted by Crippen LogP contribution is -2.46. The molecule has 1 fully saturated rings. The summed E-state index contributed by atoms with van der Waals surface area (Å²) in [6.07, 6.45) is 12.4. The molecule has 0 amide bonds. The number of hydrogen-bond acceptors (Lipinski definition) is 6. The van der Waals surface area contributed by atoms with Gasteiger partial charge in [-0.15, -0.1) is 0 Å². The molecule has 6 nitrogen and oxygen atoms in total. The van der Waals surface area contributed by atoms with E-state index in [4.69, 9.17) is 18.9 Å². The van der Waals surface area contributed by atoms with Gasteiger partial charge in [0.15, 0.2) is 5.79 Å². The van der Waals surface area contributed by atoms with E-state index < -0.39 is 5.79 Å². The van der Waals surface area contributed by atoms with Crippen LogP contribution in [0.15, 0.2) is 36.5 Å². The van der Waals surface area contributed by atoms with Crippen LogP contribution in [0.3, 0.4) is 0 Å². The van der Waals surface area contributed by atoms with Gasteiger partial charge in [0.05, 0.1) is 24.5 Å². The Kier molecular flexibility index (Phi) is 9.99. The first-order chi connectivity index (χ1) is 17.0.